The first-order chi connectivity index (χ1) is 12.7. The van der Waals surface area contributed by atoms with Crippen molar-refractivity contribution in [3.8, 4) is 0 Å². The van der Waals surface area contributed by atoms with Gasteiger partial charge in [-0.25, -0.2) is 5.06 Å². The van der Waals surface area contributed by atoms with E-state index in [1.54, 1.807) is 0 Å². The molecule has 1 amide bonds. The van der Waals surface area contributed by atoms with Crippen LogP contribution in [-0.2, 0) is 4.79 Å². The number of carbonyl (C=O) groups excluding carboxylic acids is 1. The highest BCUT2D eigenvalue weighted by Gasteiger charge is 2.34. The van der Waals surface area contributed by atoms with Gasteiger partial charge in [-0.1, -0.05) is 87.9 Å². The molecule has 3 heteroatoms. The lowest BCUT2D eigenvalue weighted by atomic mass is 9.82. The predicted molar refractivity (Wildman–Crippen MR) is 106 cm³/mol. The Hall–Kier alpha value is -1.87. The number of hydrogen-bond donors (Lipinski definition) is 1. The van der Waals surface area contributed by atoms with E-state index < -0.39 is 0 Å². The fourth-order valence-corrected chi connectivity index (χ4v) is 4.26. The second kappa shape index (κ2) is 9.18. The van der Waals surface area contributed by atoms with Crippen LogP contribution in [0.15, 0.2) is 42.5 Å². The third-order valence-corrected chi connectivity index (χ3v) is 5.73. The van der Waals surface area contributed by atoms with Gasteiger partial charge in [0.1, 0.15) is 0 Å². The molecule has 3 nitrogen and oxygen atoms in total. The Balaban J connectivity index is 1.66. The van der Waals surface area contributed by atoms with E-state index in [9.17, 15) is 10.0 Å². The molecule has 26 heavy (non-hydrogen) atoms. The summed E-state index contributed by atoms with van der Waals surface area (Å²) in [5.74, 6) is 0.0623. The van der Waals surface area contributed by atoms with Gasteiger partial charge in [-0.05, 0) is 35.1 Å². The number of nitrogens with zero attached hydrogens (tertiary/aromatic N) is 1. The fourth-order valence-electron chi connectivity index (χ4n) is 4.26. The molecular weight excluding hydrogens is 322 g/mol. The number of rotatable bonds is 8. The minimum absolute atomic E-state index is 0.0496. The molecule has 2 atom stereocenters. The standard InChI is InChI=1S/C23H31NO2/c1-2-3-4-5-6-7-13-20-16-19(17-23(25)24(20)26)22-15-10-12-18-11-8-9-14-21(18)22/h8-12,14-15,19-20,26H,2-7,13,16-17H2,1H3. The van der Waals surface area contributed by atoms with Gasteiger partial charge in [-0.2, -0.15) is 0 Å². The summed E-state index contributed by atoms with van der Waals surface area (Å²) in [7, 11) is 0. The lowest BCUT2D eigenvalue weighted by Crippen LogP contribution is -2.43. The van der Waals surface area contributed by atoms with Gasteiger partial charge in [0.15, 0.2) is 0 Å². The van der Waals surface area contributed by atoms with E-state index in [2.05, 4.69) is 49.4 Å². The largest absolute Gasteiger partial charge is 0.286 e. The van der Waals surface area contributed by atoms with Crippen LogP contribution in [-0.4, -0.2) is 22.2 Å². The third kappa shape index (κ3) is 4.45. The maximum absolute atomic E-state index is 12.4. The number of amides is 1. The van der Waals surface area contributed by atoms with Crippen molar-refractivity contribution < 1.29 is 10.0 Å². The molecule has 0 spiro atoms. The first-order valence-corrected chi connectivity index (χ1v) is 10.2. The Bertz CT molecular complexity index is 722. The lowest BCUT2D eigenvalue weighted by molar-refractivity contribution is -0.184. The molecule has 3 rings (SSSR count). The third-order valence-electron chi connectivity index (χ3n) is 5.73. The van der Waals surface area contributed by atoms with Crippen molar-refractivity contribution in [1.82, 2.24) is 5.06 Å². The maximum atomic E-state index is 12.4. The number of benzene rings is 2. The van der Waals surface area contributed by atoms with Gasteiger partial charge in [0.2, 0.25) is 5.91 Å². The van der Waals surface area contributed by atoms with E-state index in [0.29, 0.717) is 6.42 Å². The summed E-state index contributed by atoms with van der Waals surface area (Å²) in [5.41, 5.74) is 1.25. The average molecular weight is 354 g/mol. The molecule has 2 aromatic rings. The molecule has 1 aliphatic heterocycles. The molecule has 0 radical (unpaired) electrons. The van der Waals surface area contributed by atoms with E-state index in [-0.39, 0.29) is 17.9 Å². The molecule has 1 saturated heterocycles. The summed E-state index contributed by atoms with van der Waals surface area (Å²) in [6, 6.07) is 14.7. The highest BCUT2D eigenvalue weighted by atomic mass is 16.5. The Morgan fingerprint density at radius 1 is 1.00 bits per heavy atom. The Morgan fingerprint density at radius 3 is 2.58 bits per heavy atom. The van der Waals surface area contributed by atoms with Crippen LogP contribution in [0, 0.1) is 0 Å². The molecule has 2 unspecified atom stereocenters. The van der Waals surface area contributed by atoms with Crippen molar-refractivity contribution >= 4 is 16.7 Å². The van der Waals surface area contributed by atoms with Crippen molar-refractivity contribution in [2.24, 2.45) is 0 Å². The van der Waals surface area contributed by atoms with Crippen LogP contribution in [0.25, 0.3) is 10.8 Å². The summed E-state index contributed by atoms with van der Waals surface area (Å²) in [6.07, 6.45) is 9.54. The number of hydroxylamine groups is 2. The monoisotopic (exact) mass is 353 g/mol. The summed E-state index contributed by atoms with van der Waals surface area (Å²) < 4.78 is 0. The Morgan fingerprint density at radius 2 is 1.73 bits per heavy atom. The number of hydrogen-bond acceptors (Lipinski definition) is 2. The van der Waals surface area contributed by atoms with E-state index in [4.69, 9.17) is 0 Å². The highest BCUT2D eigenvalue weighted by Crippen LogP contribution is 2.36. The van der Waals surface area contributed by atoms with Crippen molar-refractivity contribution in [2.75, 3.05) is 0 Å². The predicted octanol–water partition coefficient (Wildman–Crippen LogP) is 6.05. The zero-order valence-corrected chi connectivity index (χ0v) is 15.9. The number of fused-ring (bicyclic) bond motifs is 1. The molecular formula is C23H31NO2. The summed E-state index contributed by atoms with van der Waals surface area (Å²) in [4.78, 5) is 12.4. The zero-order chi connectivity index (χ0) is 18.4. The van der Waals surface area contributed by atoms with E-state index in [0.717, 1.165) is 24.3 Å². The second-order valence-electron chi connectivity index (χ2n) is 7.65. The van der Waals surface area contributed by atoms with Crippen molar-refractivity contribution in [3.63, 3.8) is 0 Å². The minimum Gasteiger partial charge on any atom is -0.286 e. The molecule has 0 aromatic heterocycles. The lowest BCUT2D eigenvalue weighted by Gasteiger charge is -2.35. The molecule has 1 N–H and O–H groups in total. The van der Waals surface area contributed by atoms with E-state index in [1.165, 1.54) is 48.4 Å². The average Bonchev–Trinajstić information content (AvgIpc) is 2.67. The van der Waals surface area contributed by atoms with Crippen LogP contribution in [0.5, 0.6) is 0 Å². The molecule has 140 valence electrons. The number of unbranched alkanes of at least 4 members (excludes halogenated alkanes) is 5. The molecule has 1 fully saturated rings. The first-order valence-electron chi connectivity index (χ1n) is 10.2. The van der Waals surface area contributed by atoms with Crippen molar-refractivity contribution in [2.45, 2.75) is 76.7 Å². The topological polar surface area (TPSA) is 40.5 Å². The van der Waals surface area contributed by atoms with Gasteiger partial charge < -0.3 is 0 Å². The van der Waals surface area contributed by atoms with Crippen molar-refractivity contribution in [1.29, 1.82) is 0 Å². The Kier molecular flexibility index (Phi) is 6.67. The SMILES string of the molecule is CCCCCCCCC1CC(c2cccc3ccccc23)CC(=O)N1O. The van der Waals surface area contributed by atoms with Gasteiger partial charge in [0, 0.05) is 6.42 Å². The molecule has 0 aliphatic carbocycles. The van der Waals surface area contributed by atoms with Crippen LogP contribution < -0.4 is 0 Å². The van der Waals surface area contributed by atoms with Gasteiger partial charge in [0.25, 0.3) is 0 Å². The van der Waals surface area contributed by atoms with Gasteiger partial charge in [-0.15, -0.1) is 0 Å². The normalized spacial score (nSPS) is 20.7. The number of piperidine rings is 1. The van der Waals surface area contributed by atoms with E-state index >= 15 is 0 Å². The van der Waals surface area contributed by atoms with Crippen molar-refractivity contribution in [3.05, 3.63) is 48.0 Å². The quantitative estimate of drug-likeness (QED) is 0.463. The van der Waals surface area contributed by atoms with Crippen LogP contribution in [0.3, 0.4) is 0 Å². The van der Waals surface area contributed by atoms with Gasteiger partial charge in [-0.3, -0.25) is 10.0 Å². The summed E-state index contributed by atoms with van der Waals surface area (Å²) >= 11 is 0. The van der Waals surface area contributed by atoms with Crippen LogP contribution in [0.2, 0.25) is 0 Å². The van der Waals surface area contributed by atoms with Crippen LogP contribution in [0.1, 0.15) is 76.2 Å². The van der Waals surface area contributed by atoms with Gasteiger partial charge in [0.05, 0.1) is 6.04 Å². The maximum Gasteiger partial charge on any atom is 0.246 e. The fraction of sp³-hybridized carbons (Fsp3) is 0.522. The van der Waals surface area contributed by atoms with Crippen LogP contribution >= 0.6 is 0 Å². The molecule has 0 saturated carbocycles. The second-order valence-corrected chi connectivity index (χ2v) is 7.65. The zero-order valence-electron chi connectivity index (χ0n) is 15.9. The molecule has 1 heterocycles. The minimum atomic E-state index is -0.134. The molecule has 0 bridgehead atoms. The Labute approximate surface area is 157 Å². The first kappa shape index (κ1) is 18.9. The van der Waals surface area contributed by atoms with Gasteiger partial charge >= 0.3 is 0 Å². The summed E-state index contributed by atoms with van der Waals surface area (Å²) in [6.45, 7) is 2.23. The van der Waals surface area contributed by atoms with Crippen LogP contribution in [0.4, 0.5) is 0 Å². The van der Waals surface area contributed by atoms with E-state index in [1.807, 2.05) is 0 Å². The summed E-state index contributed by atoms with van der Waals surface area (Å²) in [5, 5.41) is 13.7. The highest BCUT2D eigenvalue weighted by molar-refractivity contribution is 5.87. The number of carbonyl (C=O) groups is 1. The smallest absolute Gasteiger partial charge is 0.246 e. The molecule has 2 aromatic carbocycles. The molecule has 1 aliphatic rings.